The first-order valence-corrected chi connectivity index (χ1v) is 8.72. The predicted octanol–water partition coefficient (Wildman–Crippen LogP) is 3.35. The monoisotopic (exact) mass is 341 g/mol. The molecule has 0 aliphatic carbocycles. The first-order chi connectivity index (χ1) is 10.9. The SMILES string of the molecule is CCc1ccc(OCCS(=O)(=O)Nc2ccc(F)cc2F)cc1. The summed E-state index contributed by atoms with van der Waals surface area (Å²) in [6, 6.07) is 9.95. The maximum absolute atomic E-state index is 13.4. The standard InChI is InChI=1S/C16H17F2NO3S/c1-2-12-3-6-14(7-4-12)22-9-10-23(20,21)19-16-8-5-13(17)11-15(16)18/h3-8,11,19H,2,9-10H2,1H3. The van der Waals surface area contributed by atoms with Crippen LogP contribution in [0.4, 0.5) is 14.5 Å². The molecular formula is C16H17F2NO3S. The maximum atomic E-state index is 13.4. The van der Waals surface area contributed by atoms with Crippen LogP contribution in [0.1, 0.15) is 12.5 Å². The molecule has 0 spiro atoms. The van der Waals surface area contributed by atoms with Crippen LogP contribution in [0.5, 0.6) is 5.75 Å². The molecular weight excluding hydrogens is 324 g/mol. The molecule has 0 radical (unpaired) electrons. The smallest absolute Gasteiger partial charge is 0.236 e. The summed E-state index contributed by atoms with van der Waals surface area (Å²) in [4.78, 5) is 0. The Hall–Kier alpha value is -2.15. The van der Waals surface area contributed by atoms with E-state index in [2.05, 4.69) is 4.72 Å². The molecule has 2 aromatic rings. The molecule has 7 heteroatoms. The largest absolute Gasteiger partial charge is 0.492 e. The highest BCUT2D eigenvalue weighted by molar-refractivity contribution is 7.92. The van der Waals surface area contributed by atoms with Gasteiger partial charge in [-0.2, -0.15) is 0 Å². The minimum atomic E-state index is -3.79. The molecule has 0 atom stereocenters. The summed E-state index contributed by atoms with van der Waals surface area (Å²) in [6.45, 7) is 1.95. The van der Waals surface area contributed by atoms with Crippen LogP contribution in [0.2, 0.25) is 0 Å². The number of ether oxygens (including phenoxy) is 1. The van der Waals surface area contributed by atoms with Crippen molar-refractivity contribution in [3.63, 3.8) is 0 Å². The van der Waals surface area contributed by atoms with Crippen LogP contribution >= 0.6 is 0 Å². The Morgan fingerprint density at radius 3 is 2.39 bits per heavy atom. The summed E-state index contributed by atoms with van der Waals surface area (Å²) in [5.41, 5.74) is 0.858. The highest BCUT2D eigenvalue weighted by atomic mass is 32.2. The van der Waals surface area contributed by atoms with Gasteiger partial charge in [0.1, 0.15) is 29.7 Å². The summed E-state index contributed by atoms with van der Waals surface area (Å²) in [5, 5.41) is 0. The third-order valence-corrected chi connectivity index (χ3v) is 4.38. The zero-order valence-electron chi connectivity index (χ0n) is 12.6. The molecule has 0 heterocycles. The van der Waals surface area contributed by atoms with E-state index in [1.165, 1.54) is 0 Å². The van der Waals surface area contributed by atoms with Crippen LogP contribution < -0.4 is 9.46 Å². The fourth-order valence-corrected chi connectivity index (χ4v) is 2.79. The number of hydrogen-bond donors (Lipinski definition) is 1. The van der Waals surface area contributed by atoms with Gasteiger partial charge in [-0.15, -0.1) is 0 Å². The Labute approximate surface area is 134 Å². The molecule has 4 nitrogen and oxygen atoms in total. The van der Waals surface area contributed by atoms with E-state index in [0.717, 1.165) is 24.1 Å². The van der Waals surface area contributed by atoms with Crippen molar-refractivity contribution in [2.75, 3.05) is 17.1 Å². The maximum Gasteiger partial charge on any atom is 0.236 e. The van der Waals surface area contributed by atoms with Crippen molar-refractivity contribution in [3.8, 4) is 5.75 Å². The van der Waals surface area contributed by atoms with Crippen LogP contribution in [0.3, 0.4) is 0 Å². The van der Waals surface area contributed by atoms with Crippen molar-refractivity contribution in [2.45, 2.75) is 13.3 Å². The fraction of sp³-hybridized carbons (Fsp3) is 0.250. The van der Waals surface area contributed by atoms with Crippen LogP contribution in [-0.4, -0.2) is 20.8 Å². The normalized spacial score (nSPS) is 11.3. The quantitative estimate of drug-likeness (QED) is 0.840. The number of benzene rings is 2. The second kappa shape index (κ2) is 7.41. The van der Waals surface area contributed by atoms with E-state index < -0.39 is 21.7 Å². The number of halogens is 2. The van der Waals surface area contributed by atoms with Crippen LogP contribution in [0.15, 0.2) is 42.5 Å². The van der Waals surface area contributed by atoms with Crippen molar-refractivity contribution in [3.05, 3.63) is 59.7 Å². The summed E-state index contributed by atoms with van der Waals surface area (Å²) in [6.07, 6.45) is 0.905. The molecule has 0 unspecified atom stereocenters. The van der Waals surface area contributed by atoms with E-state index in [9.17, 15) is 17.2 Å². The molecule has 124 valence electrons. The summed E-state index contributed by atoms with van der Waals surface area (Å²) in [7, 11) is -3.79. The van der Waals surface area contributed by atoms with E-state index >= 15 is 0 Å². The molecule has 0 saturated heterocycles. The Balaban J connectivity index is 1.90. The van der Waals surface area contributed by atoms with Gasteiger partial charge in [0.15, 0.2) is 0 Å². The second-order valence-corrected chi connectivity index (χ2v) is 6.73. The van der Waals surface area contributed by atoms with Gasteiger partial charge in [0.05, 0.1) is 5.69 Å². The summed E-state index contributed by atoms with van der Waals surface area (Å²) in [5.74, 6) is -1.53. The minimum Gasteiger partial charge on any atom is -0.492 e. The Bertz CT molecular complexity index is 761. The van der Waals surface area contributed by atoms with Crippen LogP contribution in [0.25, 0.3) is 0 Å². The second-order valence-electron chi connectivity index (χ2n) is 4.89. The third kappa shape index (κ3) is 5.21. The average Bonchev–Trinajstić information content (AvgIpc) is 2.50. The Kier molecular flexibility index (Phi) is 5.54. The molecule has 0 saturated carbocycles. The molecule has 1 N–H and O–H groups in total. The molecule has 0 aromatic heterocycles. The number of sulfonamides is 1. The zero-order chi connectivity index (χ0) is 16.9. The van der Waals surface area contributed by atoms with Gasteiger partial charge >= 0.3 is 0 Å². The van der Waals surface area contributed by atoms with Gasteiger partial charge in [0.25, 0.3) is 0 Å². The molecule has 0 bridgehead atoms. The molecule has 2 rings (SSSR count). The molecule has 0 aliphatic rings. The van der Waals surface area contributed by atoms with Crippen LogP contribution in [0, 0.1) is 11.6 Å². The number of hydrogen-bond acceptors (Lipinski definition) is 3. The van der Waals surface area contributed by atoms with Crippen LogP contribution in [-0.2, 0) is 16.4 Å². The lowest BCUT2D eigenvalue weighted by Gasteiger charge is -2.10. The Morgan fingerprint density at radius 2 is 1.78 bits per heavy atom. The first-order valence-electron chi connectivity index (χ1n) is 7.07. The van der Waals surface area contributed by atoms with E-state index in [4.69, 9.17) is 4.74 Å². The fourth-order valence-electron chi connectivity index (χ4n) is 1.88. The minimum absolute atomic E-state index is 0.0797. The molecule has 2 aromatic carbocycles. The summed E-state index contributed by atoms with van der Waals surface area (Å²) < 4.78 is 57.4. The lowest BCUT2D eigenvalue weighted by molar-refractivity contribution is 0.341. The average molecular weight is 341 g/mol. The van der Waals surface area contributed by atoms with Gasteiger partial charge in [-0.1, -0.05) is 19.1 Å². The van der Waals surface area contributed by atoms with Gasteiger partial charge in [-0.05, 0) is 36.2 Å². The number of rotatable bonds is 7. The highest BCUT2D eigenvalue weighted by Crippen LogP contribution is 2.17. The van der Waals surface area contributed by atoms with Crippen molar-refractivity contribution in [1.29, 1.82) is 0 Å². The van der Waals surface area contributed by atoms with Crippen molar-refractivity contribution < 1.29 is 21.9 Å². The lowest BCUT2D eigenvalue weighted by Crippen LogP contribution is -2.21. The van der Waals surface area contributed by atoms with Crippen molar-refractivity contribution >= 4 is 15.7 Å². The van der Waals surface area contributed by atoms with Gasteiger partial charge in [-0.3, -0.25) is 4.72 Å². The number of aryl methyl sites for hydroxylation is 1. The molecule has 0 fully saturated rings. The Morgan fingerprint density at radius 1 is 1.09 bits per heavy atom. The molecule has 0 amide bonds. The lowest BCUT2D eigenvalue weighted by atomic mass is 10.2. The van der Waals surface area contributed by atoms with Gasteiger partial charge in [0.2, 0.25) is 10.0 Å². The van der Waals surface area contributed by atoms with Gasteiger partial charge in [-0.25, -0.2) is 17.2 Å². The van der Waals surface area contributed by atoms with Gasteiger partial charge < -0.3 is 4.74 Å². The van der Waals surface area contributed by atoms with E-state index in [-0.39, 0.29) is 18.0 Å². The molecule has 0 aliphatic heterocycles. The van der Waals surface area contributed by atoms with E-state index in [0.29, 0.717) is 11.8 Å². The van der Waals surface area contributed by atoms with Crippen molar-refractivity contribution in [1.82, 2.24) is 0 Å². The summed E-state index contributed by atoms with van der Waals surface area (Å²) >= 11 is 0. The highest BCUT2D eigenvalue weighted by Gasteiger charge is 2.14. The number of nitrogens with one attached hydrogen (secondary N) is 1. The topological polar surface area (TPSA) is 55.4 Å². The zero-order valence-corrected chi connectivity index (χ0v) is 13.4. The third-order valence-electron chi connectivity index (χ3n) is 3.15. The van der Waals surface area contributed by atoms with E-state index in [1.807, 2.05) is 19.1 Å². The predicted molar refractivity (Wildman–Crippen MR) is 85.1 cm³/mol. The van der Waals surface area contributed by atoms with E-state index in [1.54, 1.807) is 12.1 Å². The number of anilines is 1. The molecule has 23 heavy (non-hydrogen) atoms. The van der Waals surface area contributed by atoms with Gasteiger partial charge in [0, 0.05) is 6.07 Å². The van der Waals surface area contributed by atoms with Crippen molar-refractivity contribution in [2.24, 2.45) is 0 Å². The first kappa shape index (κ1) is 17.2.